The largest absolute Gasteiger partial charge is 0.372 e. The SMILES string of the molecule is CCN(CC)c1ccc(/C=N/NC(=O)c2sc3cc(Cl)cc(Cl)c3c2Cl)cc1. The van der Waals surface area contributed by atoms with Crippen LogP contribution in [0.15, 0.2) is 41.5 Å². The van der Waals surface area contributed by atoms with E-state index in [0.29, 0.717) is 25.3 Å². The summed E-state index contributed by atoms with van der Waals surface area (Å²) in [5, 5.41) is 5.87. The van der Waals surface area contributed by atoms with Crippen molar-refractivity contribution in [3.63, 3.8) is 0 Å². The maximum atomic E-state index is 12.5. The third kappa shape index (κ3) is 4.44. The van der Waals surface area contributed by atoms with E-state index in [9.17, 15) is 4.79 Å². The molecule has 0 bridgehead atoms. The molecule has 4 nitrogen and oxygen atoms in total. The number of thiophene rings is 1. The highest BCUT2D eigenvalue weighted by atomic mass is 35.5. The van der Waals surface area contributed by atoms with Crippen molar-refractivity contribution >= 4 is 74.0 Å². The van der Waals surface area contributed by atoms with Crippen LogP contribution >= 0.6 is 46.1 Å². The third-order valence-electron chi connectivity index (χ3n) is 4.26. The van der Waals surface area contributed by atoms with E-state index in [1.54, 1.807) is 18.3 Å². The molecule has 28 heavy (non-hydrogen) atoms. The van der Waals surface area contributed by atoms with Gasteiger partial charge in [0.25, 0.3) is 5.91 Å². The van der Waals surface area contributed by atoms with E-state index < -0.39 is 5.91 Å². The highest BCUT2D eigenvalue weighted by Gasteiger charge is 2.19. The summed E-state index contributed by atoms with van der Waals surface area (Å²) in [6.45, 7) is 6.14. The van der Waals surface area contributed by atoms with Gasteiger partial charge in [-0.3, -0.25) is 4.79 Å². The lowest BCUT2D eigenvalue weighted by molar-refractivity contribution is 0.0959. The molecule has 3 rings (SSSR count). The fraction of sp³-hybridized carbons (Fsp3) is 0.200. The van der Waals surface area contributed by atoms with Gasteiger partial charge < -0.3 is 4.90 Å². The Hall–Kier alpha value is -1.79. The molecule has 0 atom stereocenters. The first-order chi connectivity index (χ1) is 13.4. The molecular formula is C20H18Cl3N3OS. The van der Waals surface area contributed by atoms with Crippen LogP contribution in [0, 0.1) is 0 Å². The smallest absolute Gasteiger partial charge is 0.283 e. The van der Waals surface area contributed by atoms with Gasteiger partial charge in [0.1, 0.15) is 4.88 Å². The second-order valence-electron chi connectivity index (χ2n) is 5.97. The van der Waals surface area contributed by atoms with E-state index in [-0.39, 0.29) is 0 Å². The third-order valence-corrected chi connectivity index (χ3v) is 6.40. The maximum absolute atomic E-state index is 12.5. The Kier molecular flexibility index (Phi) is 6.83. The van der Waals surface area contributed by atoms with Gasteiger partial charge in [-0.05, 0) is 43.7 Å². The Morgan fingerprint density at radius 3 is 2.46 bits per heavy atom. The number of benzene rings is 2. The van der Waals surface area contributed by atoms with Gasteiger partial charge in [-0.15, -0.1) is 11.3 Å². The van der Waals surface area contributed by atoms with Crippen LogP contribution in [0.3, 0.4) is 0 Å². The first kappa shape index (κ1) is 20.9. The van der Waals surface area contributed by atoms with Crippen molar-refractivity contribution in [3.05, 3.63) is 61.9 Å². The summed E-state index contributed by atoms with van der Waals surface area (Å²) < 4.78 is 0.753. The number of hydrogen-bond donors (Lipinski definition) is 1. The zero-order chi connectivity index (χ0) is 20.3. The normalized spacial score (nSPS) is 11.3. The van der Waals surface area contributed by atoms with E-state index >= 15 is 0 Å². The minimum Gasteiger partial charge on any atom is -0.372 e. The molecule has 0 aliphatic carbocycles. The average molecular weight is 455 g/mol. The molecule has 1 aromatic heterocycles. The summed E-state index contributed by atoms with van der Waals surface area (Å²) >= 11 is 19.8. The average Bonchev–Trinajstić information content (AvgIpc) is 3.00. The summed E-state index contributed by atoms with van der Waals surface area (Å²) in [4.78, 5) is 15.1. The summed E-state index contributed by atoms with van der Waals surface area (Å²) in [7, 11) is 0. The lowest BCUT2D eigenvalue weighted by atomic mass is 10.2. The van der Waals surface area contributed by atoms with Crippen molar-refractivity contribution < 1.29 is 4.79 Å². The number of hydrogen-bond acceptors (Lipinski definition) is 4. The van der Waals surface area contributed by atoms with Crippen LogP contribution < -0.4 is 10.3 Å². The number of hydrazone groups is 1. The number of halogens is 3. The molecular weight excluding hydrogens is 437 g/mol. The number of rotatable bonds is 6. The predicted octanol–water partition coefficient (Wildman–Crippen LogP) is 6.47. The summed E-state index contributed by atoms with van der Waals surface area (Å²) in [5.41, 5.74) is 4.55. The maximum Gasteiger partial charge on any atom is 0.283 e. The predicted molar refractivity (Wildman–Crippen MR) is 122 cm³/mol. The van der Waals surface area contributed by atoms with Crippen molar-refractivity contribution in [1.82, 2.24) is 5.43 Å². The number of nitrogens with zero attached hydrogens (tertiary/aromatic N) is 2. The number of anilines is 1. The molecule has 146 valence electrons. The van der Waals surface area contributed by atoms with Gasteiger partial charge in [0, 0.05) is 33.9 Å². The van der Waals surface area contributed by atoms with Gasteiger partial charge in [0.05, 0.1) is 16.3 Å². The second kappa shape index (κ2) is 9.14. The highest BCUT2D eigenvalue weighted by molar-refractivity contribution is 7.21. The van der Waals surface area contributed by atoms with E-state index in [1.807, 2.05) is 24.3 Å². The van der Waals surface area contributed by atoms with Crippen molar-refractivity contribution in [2.75, 3.05) is 18.0 Å². The van der Waals surface area contributed by atoms with Crippen LogP contribution in [0.5, 0.6) is 0 Å². The molecule has 0 saturated carbocycles. The summed E-state index contributed by atoms with van der Waals surface area (Å²) in [6, 6.07) is 11.3. The molecule has 0 fully saturated rings. The van der Waals surface area contributed by atoms with Crippen LogP contribution in [0.25, 0.3) is 10.1 Å². The fourth-order valence-electron chi connectivity index (χ4n) is 2.83. The molecule has 0 radical (unpaired) electrons. The quantitative estimate of drug-likeness (QED) is 0.342. The first-order valence-corrected chi connectivity index (χ1v) is 10.6. The fourth-order valence-corrected chi connectivity index (χ4v) is 5.10. The van der Waals surface area contributed by atoms with E-state index in [0.717, 1.165) is 29.0 Å². The van der Waals surface area contributed by atoms with E-state index in [2.05, 4.69) is 29.3 Å². The van der Waals surface area contributed by atoms with Crippen molar-refractivity contribution in [2.24, 2.45) is 5.10 Å². The Labute approximate surface area is 182 Å². The molecule has 0 aliphatic heterocycles. The molecule has 1 amide bonds. The summed E-state index contributed by atoms with van der Waals surface area (Å²) in [5.74, 6) is -0.394. The molecule has 0 unspecified atom stereocenters. The van der Waals surface area contributed by atoms with Crippen LogP contribution in [-0.2, 0) is 0 Å². The molecule has 2 aromatic carbocycles. The number of carbonyl (C=O) groups is 1. The standard InChI is InChI=1S/C20H18Cl3N3OS/c1-3-26(4-2)14-7-5-12(6-8-14)11-24-25-20(27)19-18(23)17-15(22)9-13(21)10-16(17)28-19/h5-11H,3-4H2,1-2H3,(H,25,27)/b24-11+. The number of fused-ring (bicyclic) bond motifs is 1. The van der Waals surface area contributed by atoms with Crippen LogP contribution in [-0.4, -0.2) is 25.2 Å². The first-order valence-electron chi connectivity index (χ1n) is 8.70. The molecule has 3 aromatic rings. The minimum absolute atomic E-state index is 0.304. The molecule has 0 saturated heterocycles. The monoisotopic (exact) mass is 453 g/mol. The number of nitrogens with one attached hydrogen (secondary N) is 1. The molecule has 8 heteroatoms. The number of carbonyl (C=O) groups excluding carboxylic acids is 1. The Morgan fingerprint density at radius 1 is 1.14 bits per heavy atom. The van der Waals surface area contributed by atoms with Crippen molar-refractivity contribution in [2.45, 2.75) is 13.8 Å². The lowest BCUT2D eigenvalue weighted by Gasteiger charge is -2.20. The summed E-state index contributed by atoms with van der Waals surface area (Å²) in [6.07, 6.45) is 1.59. The Morgan fingerprint density at radius 2 is 1.82 bits per heavy atom. The van der Waals surface area contributed by atoms with Crippen molar-refractivity contribution in [3.8, 4) is 0 Å². The Bertz CT molecular complexity index is 1030. The molecule has 0 spiro atoms. The van der Waals surface area contributed by atoms with E-state index in [1.165, 1.54) is 11.3 Å². The molecule has 1 heterocycles. The van der Waals surface area contributed by atoms with Gasteiger partial charge in [0.15, 0.2) is 0 Å². The van der Waals surface area contributed by atoms with Gasteiger partial charge in [-0.25, -0.2) is 5.43 Å². The number of amides is 1. The molecule has 1 N–H and O–H groups in total. The zero-order valence-electron chi connectivity index (χ0n) is 15.3. The van der Waals surface area contributed by atoms with Gasteiger partial charge in [-0.2, -0.15) is 5.10 Å². The van der Waals surface area contributed by atoms with Crippen LogP contribution in [0.4, 0.5) is 5.69 Å². The second-order valence-corrected chi connectivity index (χ2v) is 8.24. The zero-order valence-corrected chi connectivity index (χ0v) is 18.4. The van der Waals surface area contributed by atoms with E-state index in [4.69, 9.17) is 34.8 Å². The Balaban J connectivity index is 1.73. The van der Waals surface area contributed by atoms with Crippen LogP contribution in [0.2, 0.25) is 15.1 Å². The topological polar surface area (TPSA) is 44.7 Å². The van der Waals surface area contributed by atoms with Crippen molar-refractivity contribution in [1.29, 1.82) is 0 Å². The lowest BCUT2D eigenvalue weighted by Crippen LogP contribution is -2.21. The van der Waals surface area contributed by atoms with Gasteiger partial charge in [-0.1, -0.05) is 46.9 Å². The minimum atomic E-state index is -0.394. The molecule has 0 aliphatic rings. The van der Waals surface area contributed by atoms with Crippen LogP contribution in [0.1, 0.15) is 29.1 Å². The van der Waals surface area contributed by atoms with Gasteiger partial charge in [0.2, 0.25) is 0 Å². The highest BCUT2D eigenvalue weighted by Crippen LogP contribution is 2.41. The van der Waals surface area contributed by atoms with Gasteiger partial charge >= 0.3 is 0 Å².